The third kappa shape index (κ3) is 10.9. The van der Waals surface area contributed by atoms with E-state index in [9.17, 15) is 22.1 Å². The van der Waals surface area contributed by atoms with E-state index in [-0.39, 0.29) is 5.97 Å². The lowest BCUT2D eigenvalue weighted by molar-refractivity contribution is -0.143. The minimum absolute atomic E-state index is 0.169. The summed E-state index contributed by atoms with van der Waals surface area (Å²) in [4.78, 5) is 14.9. The SMILES string of the molecule is CCOC(=O)CN1C=CN(C)C1.F[B-](F)(F)F. The van der Waals surface area contributed by atoms with Gasteiger partial charge in [-0.2, -0.15) is 0 Å². The zero-order chi connectivity index (χ0) is 13.5. The summed E-state index contributed by atoms with van der Waals surface area (Å²) < 4.78 is 43.8. The van der Waals surface area contributed by atoms with Crippen LogP contribution in [0.4, 0.5) is 17.3 Å². The molecule has 0 saturated carbocycles. The van der Waals surface area contributed by atoms with E-state index < -0.39 is 7.25 Å². The van der Waals surface area contributed by atoms with Gasteiger partial charge in [0.2, 0.25) is 0 Å². The smallest absolute Gasteiger partial charge is 0.465 e. The summed E-state index contributed by atoms with van der Waals surface area (Å²) >= 11 is 0. The van der Waals surface area contributed by atoms with Gasteiger partial charge in [-0.25, -0.2) is 0 Å². The highest BCUT2D eigenvalue weighted by atomic mass is 19.5. The van der Waals surface area contributed by atoms with Gasteiger partial charge in [0, 0.05) is 19.4 Å². The summed E-state index contributed by atoms with van der Waals surface area (Å²) in [5.41, 5.74) is 0. The Hall–Kier alpha value is -1.41. The predicted molar refractivity (Wildman–Crippen MR) is 55.3 cm³/mol. The maximum atomic E-state index is 11.0. The molecular weight excluding hydrogens is 243 g/mol. The van der Waals surface area contributed by atoms with Crippen molar-refractivity contribution in [1.29, 1.82) is 0 Å². The number of rotatable bonds is 3. The third-order valence-electron chi connectivity index (χ3n) is 1.57. The maximum absolute atomic E-state index is 11.0. The van der Waals surface area contributed by atoms with Crippen molar-refractivity contribution < 1.29 is 26.8 Å². The summed E-state index contributed by atoms with van der Waals surface area (Å²) in [6.45, 7) is 3.36. The molecule has 0 unspecified atom stereocenters. The minimum Gasteiger partial charge on any atom is -0.465 e. The molecule has 0 aromatic rings. The number of hydrogen-bond acceptors (Lipinski definition) is 4. The average molecular weight is 257 g/mol. The Labute approximate surface area is 96.9 Å². The Morgan fingerprint density at radius 3 is 2.24 bits per heavy atom. The van der Waals surface area contributed by atoms with E-state index in [0.29, 0.717) is 13.2 Å². The summed E-state index contributed by atoms with van der Waals surface area (Å²) in [7, 11) is -4.04. The number of nitrogens with zero attached hydrogens (tertiary/aromatic N) is 2. The zero-order valence-electron chi connectivity index (χ0n) is 9.58. The molecule has 4 nitrogen and oxygen atoms in total. The minimum atomic E-state index is -6.00. The van der Waals surface area contributed by atoms with E-state index in [1.807, 2.05) is 36.2 Å². The van der Waals surface area contributed by atoms with Crippen molar-refractivity contribution in [2.24, 2.45) is 0 Å². The molecule has 0 spiro atoms. The van der Waals surface area contributed by atoms with E-state index in [2.05, 4.69) is 0 Å². The maximum Gasteiger partial charge on any atom is 0.673 e. The molecule has 0 amide bonds. The molecule has 0 aromatic carbocycles. The lowest BCUT2D eigenvalue weighted by atomic mass is 10.3. The first-order chi connectivity index (χ1) is 7.72. The Kier molecular flexibility index (Phi) is 6.44. The average Bonchev–Trinajstić information content (AvgIpc) is 2.48. The van der Waals surface area contributed by atoms with Crippen molar-refractivity contribution in [1.82, 2.24) is 9.80 Å². The number of carbonyl (C=O) groups excluding carboxylic acids is 1. The lowest BCUT2D eigenvalue weighted by Crippen LogP contribution is -2.29. The fraction of sp³-hybridized carbons (Fsp3) is 0.625. The van der Waals surface area contributed by atoms with Crippen molar-refractivity contribution >= 4 is 13.2 Å². The van der Waals surface area contributed by atoms with Crippen molar-refractivity contribution in [3.63, 3.8) is 0 Å². The van der Waals surface area contributed by atoms with Crippen LogP contribution in [-0.4, -0.2) is 49.9 Å². The predicted octanol–water partition coefficient (Wildman–Crippen LogP) is 1.53. The van der Waals surface area contributed by atoms with Crippen LogP contribution in [0.5, 0.6) is 0 Å². The molecule has 1 rings (SSSR count). The molecule has 0 atom stereocenters. The van der Waals surface area contributed by atoms with Crippen LogP contribution in [0.15, 0.2) is 12.4 Å². The van der Waals surface area contributed by atoms with Crippen LogP contribution in [0, 0.1) is 0 Å². The second kappa shape index (κ2) is 7.03. The number of ether oxygens (including phenoxy) is 1. The van der Waals surface area contributed by atoms with E-state index in [1.54, 1.807) is 0 Å². The fourth-order valence-corrected chi connectivity index (χ4v) is 1.06. The topological polar surface area (TPSA) is 32.8 Å². The first-order valence-electron chi connectivity index (χ1n) is 4.88. The largest absolute Gasteiger partial charge is 0.673 e. The zero-order valence-corrected chi connectivity index (χ0v) is 9.58. The molecule has 1 heterocycles. The third-order valence-corrected chi connectivity index (χ3v) is 1.57. The second-order valence-electron chi connectivity index (χ2n) is 3.24. The molecule has 0 N–H and O–H groups in total. The highest BCUT2D eigenvalue weighted by molar-refractivity contribution is 6.50. The van der Waals surface area contributed by atoms with Gasteiger partial charge in [-0.05, 0) is 6.92 Å². The molecule has 1 aliphatic heterocycles. The van der Waals surface area contributed by atoms with E-state index >= 15 is 0 Å². The summed E-state index contributed by atoms with van der Waals surface area (Å²) in [6.07, 6.45) is 3.82. The van der Waals surface area contributed by atoms with Crippen LogP contribution in [0.25, 0.3) is 0 Å². The van der Waals surface area contributed by atoms with E-state index in [4.69, 9.17) is 4.74 Å². The van der Waals surface area contributed by atoms with Gasteiger partial charge in [-0.3, -0.25) is 4.79 Å². The molecular formula is C8H14BF4N2O2-. The molecule has 0 aromatic heterocycles. The molecule has 0 bridgehead atoms. The number of carbonyl (C=O) groups is 1. The van der Waals surface area contributed by atoms with Gasteiger partial charge < -0.3 is 31.8 Å². The van der Waals surface area contributed by atoms with Crippen molar-refractivity contribution in [3.8, 4) is 0 Å². The lowest BCUT2D eigenvalue weighted by Gasteiger charge is -2.16. The number of esters is 1. The van der Waals surface area contributed by atoms with Gasteiger partial charge in [0.15, 0.2) is 0 Å². The molecule has 100 valence electrons. The quantitative estimate of drug-likeness (QED) is 0.436. The van der Waals surface area contributed by atoms with Crippen LogP contribution in [-0.2, 0) is 9.53 Å². The molecule has 0 aliphatic carbocycles. The Balaban J connectivity index is 0.000000437. The Bertz CT molecular complexity index is 267. The summed E-state index contributed by atoms with van der Waals surface area (Å²) in [5.74, 6) is -0.169. The number of hydrogen-bond donors (Lipinski definition) is 0. The van der Waals surface area contributed by atoms with Gasteiger partial charge in [-0.15, -0.1) is 0 Å². The second-order valence-corrected chi connectivity index (χ2v) is 3.24. The van der Waals surface area contributed by atoms with Crippen molar-refractivity contribution in [3.05, 3.63) is 12.4 Å². The van der Waals surface area contributed by atoms with Gasteiger partial charge in [0.05, 0.1) is 13.3 Å². The normalized spacial score (nSPS) is 14.5. The molecule has 0 radical (unpaired) electrons. The summed E-state index contributed by atoms with van der Waals surface area (Å²) in [6, 6.07) is 0. The van der Waals surface area contributed by atoms with Crippen LogP contribution >= 0.6 is 0 Å². The first kappa shape index (κ1) is 15.6. The fourth-order valence-electron chi connectivity index (χ4n) is 1.06. The van der Waals surface area contributed by atoms with Gasteiger partial charge in [-0.1, -0.05) is 0 Å². The van der Waals surface area contributed by atoms with Crippen LogP contribution in [0.1, 0.15) is 6.92 Å². The Morgan fingerprint density at radius 2 is 1.88 bits per heavy atom. The molecule has 0 fully saturated rings. The van der Waals surface area contributed by atoms with Crippen LogP contribution in [0.3, 0.4) is 0 Å². The van der Waals surface area contributed by atoms with Crippen molar-refractivity contribution in [2.75, 3.05) is 26.9 Å². The van der Waals surface area contributed by atoms with Crippen LogP contribution < -0.4 is 0 Å². The standard InChI is InChI=1S/C8H14N2O2.BF4/c1-3-12-8(11)6-10-5-4-9(2)7-10;2-1(3,4)5/h4-5H,3,6-7H2,1-2H3;/q;-1. The highest BCUT2D eigenvalue weighted by Gasteiger charge is 2.20. The van der Waals surface area contributed by atoms with Gasteiger partial charge in [0.25, 0.3) is 0 Å². The van der Waals surface area contributed by atoms with Crippen LogP contribution in [0.2, 0.25) is 0 Å². The van der Waals surface area contributed by atoms with Crippen molar-refractivity contribution in [2.45, 2.75) is 6.92 Å². The summed E-state index contributed by atoms with van der Waals surface area (Å²) in [5, 5.41) is 0. The van der Waals surface area contributed by atoms with Gasteiger partial charge in [0.1, 0.15) is 6.54 Å². The van der Waals surface area contributed by atoms with Gasteiger partial charge >= 0.3 is 13.2 Å². The molecule has 17 heavy (non-hydrogen) atoms. The van der Waals surface area contributed by atoms with E-state index in [1.165, 1.54) is 0 Å². The molecule has 9 heteroatoms. The van der Waals surface area contributed by atoms with E-state index in [0.717, 1.165) is 6.67 Å². The monoisotopic (exact) mass is 257 g/mol. The Morgan fingerprint density at radius 1 is 1.35 bits per heavy atom. The number of halogens is 4. The molecule has 0 saturated heterocycles. The molecule has 1 aliphatic rings. The first-order valence-corrected chi connectivity index (χ1v) is 4.88. The highest BCUT2D eigenvalue weighted by Crippen LogP contribution is 2.06.